The Labute approximate surface area is 166 Å². The number of rotatable bonds is 7. The van der Waals surface area contributed by atoms with Crippen LogP contribution in [0.3, 0.4) is 0 Å². The summed E-state index contributed by atoms with van der Waals surface area (Å²) in [5, 5.41) is 12.7. The number of carbonyl (C=O) groups is 2. The molecule has 0 spiro atoms. The van der Waals surface area contributed by atoms with Gasteiger partial charge in [-0.3, -0.25) is 9.59 Å². The van der Waals surface area contributed by atoms with Crippen LogP contribution in [-0.4, -0.2) is 47.6 Å². The summed E-state index contributed by atoms with van der Waals surface area (Å²) in [6.07, 6.45) is 2.89. The number of carbonyl (C=O) groups excluding carboxylic acids is 2. The first kappa shape index (κ1) is 20.1. The normalized spacial score (nSPS) is 19.2. The van der Waals surface area contributed by atoms with Gasteiger partial charge in [0.1, 0.15) is 0 Å². The molecule has 1 saturated heterocycles. The van der Waals surface area contributed by atoms with E-state index >= 15 is 0 Å². The van der Waals surface area contributed by atoms with Gasteiger partial charge in [0.05, 0.1) is 6.04 Å². The number of hydrogen-bond acceptors (Lipinski definition) is 3. The lowest BCUT2D eigenvalue weighted by Gasteiger charge is -2.38. The number of amides is 2. The Morgan fingerprint density at radius 2 is 1.71 bits per heavy atom. The van der Waals surface area contributed by atoms with Crippen molar-refractivity contribution in [3.63, 3.8) is 0 Å². The standard InChI is InChI=1S/C23H28N2O3/c26-17-20-14-15-25(22(27)13-7-10-18-8-3-1-4-9-18)16-21(20)24-23(28)19-11-5-2-6-12-19/h1-6,8-9,11-12,20-21,26H,7,10,13-17H2,(H,24,28)/t20-,21-/m1/s1. The predicted octanol–water partition coefficient (Wildman–Crippen LogP) is 2.65. The van der Waals surface area contributed by atoms with Crippen LogP contribution in [0.15, 0.2) is 60.7 Å². The third-order valence-electron chi connectivity index (χ3n) is 5.39. The van der Waals surface area contributed by atoms with Crippen LogP contribution in [-0.2, 0) is 11.2 Å². The highest BCUT2D eigenvalue weighted by Crippen LogP contribution is 2.19. The Morgan fingerprint density at radius 1 is 1.04 bits per heavy atom. The molecule has 2 amide bonds. The van der Waals surface area contributed by atoms with Crippen molar-refractivity contribution in [1.29, 1.82) is 0 Å². The highest BCUT2D eigenvalue weighted by Gasteiger charge is 2.32. The van der Waals surface area contributed by atoms with E-state index in [0.29, 0.717) is 31.5 Å². The van der Waals surface area contributed by atoms with Gasteiger partial charge in [-0.15, -0.1) is 0 Å². The Kier molecular flexibility index (Phi) is 7.20. The molecule has 148 valence electrons. The number of aryl methyl sites for hydroxylation is 1. The van der Waals surface area contributed by atoms with Gasteiger partial charge in [0.25, 0.3) is 5.91 Å². The van der Waals surface area contributed by atoms with Gasteiger partial charge in [0.2, 0.25) is 5.91 Å². The van der Waals surface area contributed by atoms with E-state index in [4.69, 9.17) is 0 Å². The van der Waals surface area contributed by atoms with E-state index in [0.717, 1.165) is 12.8 Å². The van der Waals surface area contributed by atoms with Gasteiger partial charge in [0.15, 0.2) is 0 Å². The van der Waals surface area contributed by atoms with E-state index in [1.807, 2.05) is 41.3 Å². The summed E-state index contributed by atoms with van der Waals surface area (Å²) >= 11 is 0. The summed E-state index contributed by atoms with van der Waals surface area (Å²) in [5.74, 6) is -0.0743. The first-order valence-corrected chi connectivity index (χ1v) is 9.96. The van der Waals surface area contributed by atoms with Crippen LogP contribution in [0.25, 0.3) is 0 Å². The zero-order valence-electron chi connectivity index (χ0n) is 16.1. The molecule has 2 atom stereocenters. The summed E-state index contributed by atoms with van der Waals surface area (Å²) in [4.78, 5) is 26.9. The van der Waals surface area contributed by atoms with Crippen molar-refractivity contribution in [3.8, 4) is 0 Å². The zero-order valence-corrected chi connectivity index (χ0v) is 16.1. The smallest absolute Gasteiger partial charge is 0.251 e. The van der Waals surface area contributed by atoms with E-state index < -0.39 is 0 Å². The van der Waals surface area contributed by atoms with E-state index in [9.17, 15) is 14.7 Å². The van der Waals surface area contributed by atoms with Crippen LogP contribution in [0.5, 0.6) is 0 Å². The molecule has 0 saturated carbocycles. The zero-order chi connectivity index (χ0) is 19.8. The molecule has 0 radical (unpaired) electrons. The average Bonchev–Trinajstić information content (AvgIpc) is 2.75. The van der Waals surface area contributed by atoms with E-state index in [1.165, 1.54) is 5.56 Å². The fraction of sp³-hybridized carbons (Fsp3) is 0.391. The lowest BCUT2D eigenvalue weighted by atomic mass is 9.91. The Hall–Kier alpha value is -2.66. The van der Waals surface area contributed by atoms with Gasteiger partial charge >= 0.3 is 0 Å². The first-order valence-electron chi connectivity index (χ1n) is 9.96. The molecule has 1 fully saturated rings. The van der Waals surface area contributed by atoms with Gasteiger partial charge in [-0.1, -0.05) is 48.5 Å². The summed E-state index contributed by atoms with van der Waals surface area (Å²) in [7, 11) is 0. The van der Waals surface area contributed by atoms with Gasteiger partial charge in [0, 0.05) is 37.6 Å². The van der Waals surface area contributed by atoms with Gasteiger partial charge < -0.3 is 15.3 Å². The SMILES string of the molecule is O=C(N[C@@H]1CN(C(=O)CCCc2ccccc2)CC[C@@H]1CO)c1ccccc1. The van der Waals surface area contributed by atoms with Crippen molar-refractivity contribution in [3.05, 3.63) is 71.8 Å². The Morgan fingerprint density at radius 3 is 2.39 bits per heavy atom. The molecule has 2 aromatic carbocycles. The molecule has 28 heavy (non-hydrogen) atoms. The summed E-state index contributed by atoms with van der Waals surface area (Å²) in [6, 6.07) is 19.0. The first-order chi connectivity index (χ1) is 13.7. The van der Waals surface area contributed by atoms with Crippen LogP contribution < -0.4 is 5.32 Å². The highest BCUT2D eigenvalue weighted by atomic mass is 16.3. The number of likely N-dealkylation sites (tertiary alicyclic amines) is 1. The van der Waals surface area contributed by atoms with Crippen LogP contribution >= 0.6 is 0 Å². The molecule has 0 aliphatic carbocycles. The summed E-state index contributed by atoms with van der Waals surface area (Å²) < 4.78 is 0. The quantitative estimate of drug-likeness (QED) is 0.776. The minimum atomic E-state index is -0.232. The maximum Gasteiger partial charge on any atom is 0.251 e. The molecular formula is C23H28N2O3. The van der Waals surface area contributed by atoms with Gasteiger partial charge in [-0.05, 0) is 37.0 Å². The molecule has 1 aliphatic rings. The lowest BCUT2D eigenvalue weighted by molar-refractivity contribution is -0.133. The van der Waals surface area contributed by atoms with E-state index in [1.54, 1.807) is 12.1 Å². The molecule has 0 unspecified atom stereocenters. The second-order valence-electron chi connectivity index (χ2n) is 7.36. The number of nitrogens with one attached hydrogen (secondary N) is 1. The molecular weight excluding hydrogens is 352 g/mol. The maximum absolute atomic E-state index is 12.6. The molecule has 1 heterocycles. The molecule has 2 aromatic rings. The van der Waals surface area contributed by atoms with E-state index in [-0.39, 0.29) is 30.4 Å². The molecule has 5 heteroatoms. The minimum absolute atomic E-state index is 0.00970. The minimum Gasteiger partial charge on any atom is -0.396 e. The Bertz CT molecular complexity index is 764. The highest BCUT2D eigenvalue weighted by molar-refractivity contribution is 5.94. The number of aliphatic hydroxyl groups excluding tert-OH is 1. The average molecular weight is 380 g/mol. The van der Waals surface area contributed by atoms with Crippen molar-refractivity contribution in [2.45, 2.75) is 31.7 Å². The second-order valence-corrected chi connectivity index (χ2v) is 7.36. The van der Waals surface area contributed by atoms with Gasteiger partial charge in [-0.25, -0.2) is 0 Å². The largest absolute Gasteiger partial charge is 0.396 e. The molecule has 1 aliphatic heterocycles. The number of hydrogen-bond donors (Lipinski definition) is 2. The van der Waals surface area contributed by atoms with Crippen molar-refractivity contribution < 1.29 is 14.7 Å². The molecule has 2 N–H and O–H groups in total. The lowest BCUT2D eigenvalue weighted by Crippen LogP contribution is -2.55. The molecule has 5 nitrogen and oxygen atoms in total. The van der Waals surface area contributed by atoms with Crippen molar-refractivity contribution in [2.75, 3.05) is 19.7 Å². The third kappa shape index (κ3) is 5.42. The topological polar surface area (TPSA) is 69.6 Å². The van der Waals surface area contributed by atoms with Crippen LogP contribution in [0.2, 0.25) is 0 Å². The van der Waals surface area contributed by atoms with Crippen LogP contribution in [0.1, 0.15) is 35.2 Å². The summed E-state index contributed by atoms with van der Waals surface area (Å²) in [6.45, 7) is 1.09. The molecule has 0 aromatic heterocycles. The van der Waals surface area contributed by atoms with Gasteiger partial charge in [-0.2, -0.15) is 0 Å². The third-order valence-corrected chi connectivity index (χ3v) is 5.39. The number of piperidine rings is 1. The number of benzene rings is 2. The monoisotopic (exact) mass is 380 g/mol. The van der Waals surface area contributed by atoms with Crippen LogP contribution in [0, 0.1) is 5.92 Å². The predicted molar refractivity (Wildman–Crippen MR) is 109 cm³/mol. The van der Waals surface area contributed by atoms with Crippen molar-refractivity contribution >= 4 is 11.8 Å². The maximum atomic E-state index is 12.6. The van der Waals surface area contributed by atoms with Crippen molar-refractivity contribution in [1.82, 2.24) is 10.2 Å². The van der Waals surface area contributed by atoms with Crippen LogP contribution in [0.4, 0.5) is 0 Å². The fourth-order valence-corrected chi connectivity index (χ4v) is 3.70. The number of nitrogens with zero attached hydrogens (tertiary/aromatic N) is 1. The Balaban J connectivity index is 1.53. The van der Waals surface area contributed by atoms with E-state index in [2.05, 4.69) is 17.4 Å². The van der Waals surface area contributed by atoms with Crippen molar-refractivity contribution in [2.24, 2.45) is 5.92 Å². The molecule has 0 bridgehead atoms. The second kappa shape index (κ2) is 10.0. The molecule has 3 rings (SSSR count). The fourth-order valence-electron chi connectivity index (χ4n) is 3.70. The summed E-state index contributed by atoms with van der Waals surface area (Å²) in [5.41, 5.74) is 1.83. The number of aliphatic hydroxyl groups is 1.